The molecule has 1 rings (SSSR count). The minimum absolute atomic E-state index is 0.388. The molecule has 0 saturated heterocycles. The van der Waals surface area contributed by atoms with Crippen molar-refractivity contribution < 1.29 is 19.7 Å². The molecule has 0 aliphatic rings. The monoisotopic (exact) mass is 349 g/mol. The van der Waals surface area contributed by atoms with E-state index < -0.39 is 23.8 Å². The van der Waals surface area contributed by atoms with Crippen LogP contribution in [0.3, 0.4) is 0 Å². The van der Waals surface area contributed by atoms with Crippen LogP contribution in [0.2, 0.25) is 0 Å². The van der Waals surface area contributed by atoms with Gasteiger partial charge in [0.1, 0.15) is 5.60 Å². The number of aliphatic hydroxyl groups excluding tert-OH is 2. The van der Waals surface area contributed by atoms with Crippen LogP contribution in [0.4, 0.5) is 4.79 Å². The van der Waals surface area contributed by atoms with Crippen molar-refractivity contribution in [3.8, 4) is 0 Å². The number of unbranched alkanes of at least 4 members (excludes halogenated alkanes) is 1. The van der Waals surface area contributed by atoms with Gasteiger partial charge in [0, 0.05) is 0 Å². The Hall–Kier alpha value is -1.85. The van der Waals surface area contributed by atoms with E-state index in [1.165, 1.54) is 18.4 Å². The van der Waals surface area contributed by atoms with Crippen molar-refractivity contribution in [1.82, 2.24) is 5.32 Å². The van der Waals surface area contributed by atoms with Gasteiger partial charge in [0.15, 0.2) is 0 Å². The Morgan fingerprint density at radius 2 is 1.92 bits per heavy atom. The van der Waals surface area contributed by atoms with Crippen molar-refractivity contribution in [1.29, 1.82) is 0 Å². The first-order valence-electron chi connectivity index (χ1n) is 8.80. The van der Waals surface area contributed by atoms with Crippen molar-refractivity contribution in [2.24, 2.45) is 0 Å². The molecule has 5 heteroatoms. The number of amides is 1. The molecule has 0 saturated carbocycles. The minimum atomic E-state index is -1.02. The van der Waals surface area contributed by atoms with E-state index in [4.69, 9.17) is 4.74 Å². The van der Waals surface area contributed by atoms with Crippen molar-refractivity contribution in [3.05, 3.63) is 41.5 Å². The highest BCUT2D eigenvalue weighted by atomic mass is 16.6. The molecule has 0 fully saturated rings. The summed E-state index contributed by atoms with van der Waals surface area (Å²) in [7, 11) is 0. The number of aliphatic hydroxyl groups is 2. The van der Waals surface area contributed by atoms with Gasteiger partial charge in [0.2, 0.25) is 0 Å². The normalized spacial score (nSPS) is 14.3. The van der Waals surface area contributed by atoms with Crippen LogP contribution < -0.4 is 5.32 Å². The molecule has 0 aliphatic heterocycles. The highest BCUT2D eigenvalue weighted by molar-refractivity contribution is 5.68. The van der Waals surface area contributed by atoms with E-state index in [1.807, 2.05) is 12.1 Å². The molecule has 0 aromatic heterocycles. The first-order valence-corrected chi connectivity index (χ1v) is 8.80. The van der Waals surface area contributed by atoms with Crippen LogP contribution in [-0.2, 0) is 11.2 Å². The topological polar surface area (TPSA) is 78.8 Å². The van der Waals surface area contributed by atoms with Crippen LogP contribution in [0.5, 0.6) is 0 Å². The molecule has 0 radical (unpaired) electrons. The van der Waals surface area contributed by atoms with Gasteiger partial charge in [-0.3, -0.25) is 0 Å². The van der Waals surface area contributed by atoms with Gasteiger partial charge in [-0.2, -0.15) is 0 Å². The first-order chi connectivity index (χ1) is 11.7. The zero-order chi connectivity index (χ0) is 18.9. The Morgan fingerprint density at radius 1 is 1.28 bits per heavy atom. The summed E-state index contributed by atoms with van der Waals surface area (Å²) in [5, 5.41) is 22.0. The molecule has 0 aliphatic carbocycles. The highest BCUT2D eigenvalue weighted by Crippen LogP contribution is 2.11. The Bertz CT molecular complexity index is 546. The summed E-state index contributed by atoms with van der Waals surface area (Å²) in [6.07, 6.45) is 5.04. The molecule has 140 valence electrons. The SMILES string of the molecule is CCCCc1ccc(/C=C/[C@@H](O)[C@H](CO)NC(=O)OC(C)(C)C)cc1. The van der Waals surface area contributed by atoms with Crippen molar-refractivity contribution in [2.75, 3.05) is 6.61 Å². The first kappa shape index (κ1) is 21.2. The Morgan fingerprint density at radius 3 is 2.44 bits per heavy atom. The maximum Gasteiger partial charge on any atom is 0.408 e. The summed E-state index contributed by atoms with van der Waals surface area (Å²) >= 11 is 0. The van der Waals surface area contributed by atoms with Gasteiger partial charge in [-0.05, 0) is 44.7 Å². The summed E-state index contributed by atoms with van der Waals surface area (Å²) in [6.45, 7) is 7.03. The molecule has 0 spiro atoms. The fourth-order valence-electron chi connectivity index (χ4n) is 2.22. The maximum absolute atomic E-state index is 11.8. The minimum Gasteiger partial charge on any atom is -0.444 e. The molecular weight excluding hydrogens is 318 g/mol. The van der Waals surface area contributed by atoms with E-state index in [-0.39, 0.29) is 6.61 Å². The lowest BCUT2D eigenvalue weighted by atomic mass is 10.1. The second kappa shape index (κ2) is 10.2. The molecule has 1 amide bonds. The van der Waals surface area contributed by atoms with E-state index in [0.717, 1.165) is 12.0 Å². The number of rotatable bonds is 8. The van der Waals surface area contributed by atoms with Gasteiger partial charge in [-0.25, -0.2) is 4.79 Å². The largest absolute Gasteiger partial charge is 0.444 e. The molecule has 0 heterocycles. The lowest BCUT2D eigenvalue weighted by Gasteiger charge is -2.24. The highest BCUT2D eigenvalue weighted by Gasteiger charge is 2.22. The van der Waals surface area contributed by atoms with E-state index in [9.17, 15) is 15.0 Å². The van der Waals surface area contributed by atoms with Crippen LogP contribution >= 0.6 is 0 Å². The van der Waals surface area contributed by atoms with E-state index in [0.29, 0.717) is 0 Å². The standard InChI is InChI=1S/C20H31NO4/c1-5-6-7-15-8-10-16(11-9-15)12-13-18(23)17(14-22)21-19(24)25-20(2,3)4/h8-13,17-18,22-23H,5-7,14H2,1-4H3,(H,21,24)/b13-12+/t17-,18+/m0/s1. The molecule has 2 atom stereocenters. The molecular formula is C20H31NO4. The number of alkyl carbamates (subject to hydrolysis) is 1. The van der Waals surface area contributed by atoms with Crippen LogP contribution in [0, 0.1) is 0 Å². The van der Waals surface area contributed by atoms with Gasteiger partial charge >= 0.3 is 6.09 Å². The third kappa shape index (κ3) is 8.70. The number of hydrogen-bond donors (Lipinski definition) is 3. The zero-order valence-electron chi connectivity index (χ0n) is 15.7. The van der Waals surface area contributed by atoms with E-state index in [2.05, 4.69) is 24.4 Å². The van der Waals surface area contributed by atoms with E-state index >= 15 is 0 Å². The molecule has 1 aromatic carbocycles. The van der Waals surface area contributed by atoms with Gasteiger partial charge in [0.25, 0.3) is 0 Å². The van der Waals surface area contributed by atoms with Crippen molar-refractivity contribution in [2.45, 2.75) is 64.7 Å². The number of ether oxygens (including phenoxy) is 1. The summed E-state index contributed by atoms with van der Waals surface area (Å²) in [6, 6.07) is 7.30. The van der Waals surface area contributed by atoms with Gasteiger partial charge < -0.3 is 20.3 Å². The second-order valence-electron chi connectivity index (χ2n) is 7.13. The third-order valence-electron chi connectivity index (χ3n) is 3.60. The average Bonchev–Trinajstić information content (AvgIpc) is 2.55. The summed E-state index contributed by atoms with van der Waals surface area (Å²) in [5.74, 6) is 0. The molecule has 0 bridgehead atoms. The number of nitrogens with one attached hydrogen (secondary N) is 1. The summed E-state index contributed by atoms with van der Waals surface area (Å²) in [4.78, 5) is 11.8. The quantitative estimate of drug-likeness (QED) is 0.673. The fourth-order valence-corrected chi connectivity index (χ4v) is 2.22. The summed E-state index contributed by atoms with van der Waals surface area (Å²) in [5.41, 5.74) is 1.61. The Kier molecular flexibility index (Phi) is 8.66. The van der Waals surface area contributed by atoms with Crippen LogP contribution in [0.25, 0.3) is 6.08 Å². The Balaban J connectivity index is 2.60. The second-order valence-corrected chi connectivity index (χ2v) is 7.13. The molecule has 3 N–H and O–H groups in total. The average molecular weight is 349 g/mol. The van der Waals surface area contributed by atoms with Crippen LogP contribution in [0.1, 0.15) is 51.7 Å². The predicted octanol–water partition coefficient (Wildman–Crippen LogP) is 3.29. The van der Waals surface area contributed by atoms with Crippen LogP contribution in [0.15, 0.2) is 30.3 Å². The van der Waals surface area contributed by atoms with Crippen molar-refractivity contribution >= 4 is 12.2 Å². The number of carbonyl (C=O) groups is 1. The van der Waals surface area contributed by atoms with Gasteiger partial charge in [-0.1, -0.05) is 49.8 Å². The molecule has 0 unspecified atom stereocenters. The van der Waals surface area contributed by atoms with Gasteiger partial charge in [-0.15, -0.1) is 0 Å². The van der Waals surface area contributed by atoms with Gasteiger partial charge in [0.05, 0.1) is 18.8 Å². The lowest BCUT2D eigenvalue weighted by Crippen LogP contribution is -2.46. The molecule has 1 aromatic rings. The van der Waals surface area contributed by atoms with Crippen molar-refractivity contribution in [3.63, 3.8) is 0 Å². The summed E-state index contributed by atoms with van der Waals surface area (Å²) < 4.78 is 5.13. The lowest BCUT2D eigenvalue weighted by molar-refractivity contribution is 0.0406. The number of aryl methyl sites for hydroxylation is 1. The third-order valence-corrected chi connectivity index (χ3v) is 3.60. The smallest absolute Gasteiger partial charge is 0.408 e. The molecule has 5 nitrogen and oxygen atoms in total. The fraction of sp³-hybridized carbons (Fsp3) is 0.550. The Labute approximate surface area is 150 Å². The van der Waals surface area contributed by atoms with E-state index in [1.54, 1.807) is 32.9 Å². The maximum atomic E-state index is 11.8. The predicted molar refractivity (Wildman–Crippen MR) is 100 cm³/mol. The van der Waals surface area contributed by atoms with Crippen LogP contribution in [-0.4, -0.2) is 40.7 Å². The zero-order valence-corrected chi connectivity index (χ0v) is 15.7. The number of hydrogen-bond acceptors (Lipinski definition) is 4. The number of benzene rings is 1. The number of carbonyl (C=O) groups excluding carboxylic acids is 1. The molecule has 25 heavy (non-hydrogen) atoms.